The van der Waals surface area contributed by atoms with E-state index in [1.807, 2.05) is 0 Å². The Morgan fingerprint density at radius 3 is 2.35 bits per heavy atom. The maximum Gasteiger partial charge on any atom is 0.0520 e. The lowest BCUT2D eigenvalue weighted by atomic mass is 9.87. The van der Waals surface area contributed by atoms with Crippen LogP contribution in [0.1, 0.15) is 18.4 Å². The summed E-state index contributed by atoms with van der Waals surface area (Å²) in [6.45, 7) is 5.05. The Labute approximate surface area is 104 Å². The molecule has 1 heterocycles. The Balaban J connectivity index is 2.06. The summed E-state index contributed by atoms with van der Waals surface area (Å²) >= 11 is 0. The van der Waals surface area contributed by atoms with Gasteiger partial charge in [-0.25, -0.2) is 0 Å². The summed E-state index contributed by atoms with van der Waals surface area (Å²) in [4.78, 5) is 2.37. The number of aryl methyl sites for hydroxylation is 1. The van der Waals surface area contributed by atoms with Gasteiger partial charge in [-0.05, 0) is 38.9 Å². The summed E-state index contributed by atoms with van der Waals surface area (Å²) in [7, 11) is 2.17. The van der Waals surface area contributed by atoms with E-state index in [1.165, 1.54) is 11.3 Å². The number of nitrogens with zero attached hydrogens (tertiary/aromatic N) is 1. The summed E-state index contributed by atoms with van der Waals surface area (Å²) in [5, 5.41) is 3.64. The van der Waals surface area contributed by atoms with Crippen molar-refractivity contribution in [3.63, 3.8) is 0 Å². The van der Waals surface area contributed by atoms with Gasteiger partial charge in [0.1, 0.15) is 0 Å². The summed E-state index contributed by atoms with van der Waals surface area (Å²) in [5.74, 6) is 0. The lowest BCUT2D eigenvalue weighted by Crippen LogP contribution is -2.52. The lowest BCUT2D eigenvalue weighted by molar-refractivity contribution is 0.209. The largest absolute Gasteiger partial charge is 0.378 e. The number of rotatable bonds is 3. The van der Waals surface area contributed by atoms with Gasteiger partial charge in [0, 0.05) is 25.3 Å². The van der Waals surface area contributed by atoms with Gasteiger partial charge in [-0.3, -0.25) is 0 Å². The first-order valence-electron chi connectivity index (χ1n) is 6.37. The van der Waals surface area contributed by atoms with Crippen molar-refractivity contribution in [1.29, 1.82) is 0 Å². The number of hydrogen-bond donors (Lipinski definition) is 2. The van der Waals surface area contributed by atoms with Crippen LogP contribution in [-0.4, -0.2) is 37.1 Å². The zero-order valence-corrected chi connectivity index (χ0v) is 10.9. The van der Waals surface area contributed by atoms with Crippen molar-refractivity contribution in [2.45, 2.75) is 25.3 Å². The predicted octanol–water partition coefficient (Wildman–Crippen LogP) is 1.83. The molecule has 1 aliphatic rings. The average Bonchev–Trinajstić information content (AvgIpc) is 2.35. The molecule has 3 N–H and O–H groups in total. The molecule has 0 atom stereocenters. The summed E-state index contributed by atoms with van der Waals surface area (Å²) < 4.78 is 0. The van der Waals surface area contributed by atoms with E-state index in [9.17, 15) is 0 Å². The Morgan fingerprint density at radius 2 is 1.82 bits per heavy atom. The van der Waals surface area contributed by atoms with Gasteiger partial charge in [0.2, 0.25) is 0 Å². The number of piperidine rings is 1. The molecule has 0 unspecified atom stereocenters. The van der Waals surface area contributed by atoms with Crippen LogP contribution in [-0.2, 0) is 0 Å². The molecule has 0 radical (unpaired) electrons. The maximum absolute atomic E-state index is 5.98. The number of benzene rings is 1. The fourth-order valence-electron chi connectivity index (χ4n) is 2.37. The molecule has 1 aromatic carbocycles. The van der Waals surface area contributed by atoms with E-state index in [0.717, 1.165) is 25.9 Å². The van der Waals surface area contributed by atoms with Crippen molar-refractivity contribution in [2.75, 3.05) is 32.0 Å². The first kappa shape index (κ1) is 12.4. The molecular weight excluding hydrogens is 210 g/mol. The Hall–Kier alpha value is -1.06. The molecule has 0 aromatic heterocycles. The second kappa shape index (κ2) is 5.07. The minimum Gasteiger partial charge on any atom is -0.378 e. The number of likely N-dealkylation sites (tertiary alicyclic amines) is 1. The molecule has 1 aliphatic heterocycles. The molecule has 3 nitrogen and oxygen atoms in total. The van der Waals surface area contributed by atoms with E-state index in [0.29, 0.717) is 6.54 Å². The van der Waals surface area contributed by atoms with E-state index in [4.69, 9.17) is 5.73 Å². The Morgan fingerprint density at radius 1 is 1.24 bits per heavy atom. The van der Waals surface area contributed by atoms with Gasteiger partial charge < -0.3 is 16.0 Å². The lowest BCUT2D eigenvalue weighted by Gasteiger charge is -2.41. The van der Waals surface area contributed by atoms with Gasteiger partial charge >= 0.3 is 0 Å². The first-order chi connectivity index (χ1) is 8.13. The van der Waals surface area contributed by atoms with Gasteiger partial charge in [-0.2, -0.15) is 0 Å². The molecule has 0 aliphatic carbocycles. The Kier molecular flexibility index (Phi) is 3.69. The van der Waals surface area contributed by atoms with E-state index in [-0.39, 0.29) is 5.54 Å². The average molecular weight is 233 g/mol. The molecule has 0 saturated carbocycles. The SMILES string of the molecule is Cc1ccc(NC2(CN)CCN(C)CC2)cc1. The van der Waals surface area contributed by atoms with Crippen LogP contribution < -0.4 is 11.1 Å². The van der Waals surface area contributed by atoms with E-state index >= 15 is 0 Å². The highest BCUT2D eigenvalue weighted by Gasteiger charge is 2.31. The normalized spacial score (nSPS) is 20.2. The molecule has 3 heteroatoms. The molecule has 94 valence electrons. The molecule has 2 rings (SSSR count). The highest BCUT2D eigenvalue weighted by Crippen LogP contribution is 2.25. The first-order valence-corrected chi connectivity index (χ1v) is 6.37. The molecule has 17 heavy (non-hydrogen) atoms. The third-order valence-electron chi connectivity index (χ3n) is 3.80. The summed E-state index contributed by atoms with van der Waals surface area (Å²) in [6.07, 6.45) is 2.24. The van der Waals surface area contributed by atoms with Crippen molar-refractivity contribution in [3.8, 4) is 0 Å². The Bertz CT molecular complexity index is 350. The van der Waals surface area contributed by atoms with Crippen molar-refractivity contribution in [2.24, 2.45) is 5.73 Å². The number of nitrogens with one attached hydrogen (secondary N) is 1. The van der Waals surface area contributed by atoms with Gasteiger partial charge in [-0.1, -0.05) is 17.7 Å². The van der Waals surface area contributed by atoms with Crippen LogP contribution in [0.3, 0.4) is 0 Å². The van der Waals surface area contributed by atoms with Crippen molar-refractivity contribution in [1.82, 2.24) is 4.90 Å². The maximum atomic E-state index is 5.98. The van der Waals surface area contributed by atoms with Gasteiger partial charge in [0.05, 0.1) is 5.54 Å². The van der Waals surface area contributed by atoms with E-state index in [1.54, 1.807) is 0 Å². The molecule has 0 spiro atoms. The molecule has 1 saturated heterocycles. The molecule has 1 fully saturated rings. The van der Waals surface area contributed by atoms with Crippen molar-refractivity contribution < 1.29 is 0 Å². The topological polar surface area (TPSA) is 41.3 Å². The van der Waals surface area contributed by atoms with Crippen LogP contribution >= 0.6 is 0 Å². The standard InChI is InChI=1S/C14H23N3/c1-12-3-5-13(6-4-12)16-14(11-15)7-9-17(2)10-8-14/h3-6,16H,7-11,15H2,1-2H3. The third kappa shape index (κ3) is 2.99. The molecular formula is C14H23N3. The van der Waals surface area contributed by atoms with E-state index < -0.39 is 0 Å². The number of nitrogens with two attached hydrogens (primary N) is 1. The second-order valence-corrected chi connectivity index (χ2v) is 5.28. The third-order valence-corrected chi connectivity index (χ3v) is 3.80. The zero-order chi connectivity index (χ0) is 12.3. The molecule has 0 bridgehead atoms. The van der Waals surface area contributed by atoms with Crippen LogP contribution in [0, 0.1) is 6.92 Å². The van der Waals surface area contributed by atoms with E-state index in [2.05, 4.69) is 48.5 Å². The fourth-order valence-corrected chi connectivity index (χ4v) is 2.37. The minimum absolute atomic E-state index is 0.0851. The van der Waals surface area contributed by atoms with Gasteiger partial charge in [0.25, 0.3) is 0 Å². The van der Waals surface area contributed by atoms with Gasteiger partial charge in [-0.15, -0.1) is 0 Å². The van der Waals surface area contributed by atoms with Crippen LogP contribution in [0.5, 0.6) is 0 Å². The summed E-state index contributed by atoms with van der Waals surface area (Å²) in [6, 6.07) is 8.57. The monoisotopic (exact) mass is 233 g/mol. The van der Waals surface area contributed by atoms with Crippen LogP contribution in [0.25, 0.3) is 0 Å². The predicted molar refractivity (Wildman–Crippen MR) is 73.3 cm³/mol. The highest BCUT2D eigenvalue weighted by atomic mass is 15.1. The van der Waals surface area contributed by atoms with Crippen molar-refractivity contribution >= 4 is 5.69 Å². The summed E-state index contributed by atoms with van der Waals surface area (Å²) in [5.41, 5.74) is 8.54. The molecule has 0 amide bonds. The van der Waals surface area contributed by atoms with Crippen molar-refractivity contribution in [3.05, 3.63) is 29.8 Å². The van der Waals surface area contributed by atoms with Crippen LogP contribution in [0.4, 0.5) is 5.69 Å². The molecule has 1 aromatic rings. The minimum atomic E-state index is 0.0851. The smallest absolute Gasteiger partial charge is 0.0520 e. The second-order valence-electron chi connectivity index (χ2n) is 5.28. The number of hydrogen-bond acceptors (Lipinski definition) is 3. The van der Waals surface area contributed by atoms with Crippen LogP contribution in [0.2, 0.25) is 0 Å². The quantitative estimate of drug-likeness (QED) is 0.837. The zero-order valence-electron chi connectivity index (χ0n) is 10.9. The number of anilines is 1. The van der Waals surface area contributed by atoms with Crippen LogP contribution in [0.15, 0.2) is 24.3 Å². The fraction of sp³-hybridized carbons (Fsp3) is 0.571. The van der Waals surface area contributed by atoms with Gasteiger partial charge in [0.15, 0.2) is 0 Å². The highest BCUT2D eigenvalue weighted by molar-refractivity contribution is 5.47.